The molecule has 0 bridgehead atoms. The smallest absolute Gasteiger partial charge is 0.138 e. The molecule has 4 rings (SSSR count). The molecule has 3 aromatic rings. The van der Waals surface area contributed by atoms with Gasteiger partial charge in [-0.25, -0.2) is 9.97 Å². The Kier molecular flexibility index (Phi) is 2.97. The highest BCUT2D eigenvalue weighted by molar-refractivity contribution is 7.19. The van der Waals surface area contributed by atoms with Gasteiger partial charge in [-0.15, -0.1) is 22.7 Å². The van der Waals surface area contributed by atoms with Gasteiger partial charge in [0.15, 0.2) is 0 Å². The molecule has 0 saturated heterocycles. The molecule has 0 amide bonds. The van der Waals surface area contributed by atoms with E-state index < -0.39 is 0 Å². The van der Waals surface area contributed by atoms with Crippen molar-refractivity contribution in [3.63, 3.8) is 0 Å². The molecule has 0 aliphatic heterocycles. The van der Waals surface area contributed by atoms with Crippen LogP contribution in [-0.4, -0.2) is 9.97 Å². The number of rotatable bonds is 3. The average molecular weight is 301 g/mol. The minimum Gasteiger partial charge on any atom is -0.362 e. The Bertz CT molecular complexity index is 746. The molecule has 0 spiro atoms. The van der Waals surface area contributed by atoms with Crippen molar-refractivity contribution in [3.8, 4) is 0 Å². The Morgan fingerprint density at radius 2 is 2.25 bits per heavy atom. The predicted octanol–water partition coefficient (Wildman–Crippen LogP) is 4.41. The Hall–Kier alpha value is -1.46. The van der Waals surface area contributed by atoms with Crippen molar-refractivity contribution in [2.45, 2.75) is 32.2 Å². The van der Waals surface area contributed by atoms with E-state index in [9.17, 15) is 0 Å². The molecular formula is C15H15N3S2. The quantitative estimate of drug-likeness (QED) is 0.778. The van der Waals surface area contributed by atoms with Crippen LogP contribution in [0.1, 0.15) is 34.7 Å². The summed E-state index contributed by atoms with van der Waals surface area (Å²) in [5.74, 6) is 0.996. The summed E-state index contributed by atoms with van der Waals surface area (Å²) in [5, 5.41) is 6.94. The van der Waals surface area contributed by atoms with Crippen LogP contribution in [0.4, 0.5) is 5.82 Å². The first kappa shape index (κ1) is 12.3. The molecule has 1 aliphatic carbocycles. The van der Waals surface area contributed by atoms with Crippen LogP contribution in [0.5, 0.6) is 0 Å². The normalized spacial score (nSPS) is 15.4. The second-order valence-corrected chi connectivity index (χ2v) is 7.20. The summed E-state index contributed by atoms with van der Waals surface area (Å²) in [4.78, 5) is 12.9. The lowest BCUT2D eigenvalue weighted by atomic mass is 10.2. The molecule has 1 aliphatic rings. The number of nitrogens with one attached hydrogen (secondary N) is 1. The maximum atomic E-state index is 4.50. The van der Waals surface area contributed by atoms with E-state index >= 15 is 0 Å². The molecule has 5 heteroatoms. The van der Waals surface area contributed by atoms with Gasteiger partial charge in [-0.1, -0.05) is 6.07 Å². The van der Waals surface area contributed by atoms with Gasteiger partial charge in [0.1, 0.15) is 17.0 Å². The first-order chi connectivity index (χ1) is 9.83. The zero-order valence-corrected chi connectivity index (χ0v) is 12.9. The van der Waals surface area contributed by atoms with Crippen LogP contribution >= 0.6 is 22.7 Å². The van der Waals surface area contributed by atoms with E-state index in [1.54, 1.807) is 17.7 Å². The highest BCUT2D eigenvalue weighted by atomic mass is 32.1. The van der Waals surface area contributed by atoms with Gasteiger partial charge in [0.2, 0.25) is 0 Å². The van der Waals surface area contributed by atoms with Crippen molar-refractivity contribution >= 4 is 38.7 Å². The zero-order chi connectivity index (χ0) is 13.5. The van der Waals surface area contributed by atoms with Gasteiger partial charge in [0.05, 0.1) is 11.4 Å². The third-order valence-electron chi connectivity index (χ3n) is 3.82. The number of aryl methyl sites for hydroxylation is 2. The van der Waals surface area contributed by atoms with Gasteiger partial charge in [0.25, 0.3) is 0 Å². The third kappa shape index (κ3) is 1.93. The number of aromatic nitrogens is 2. The summed E-state index contributed by atoms with van der Waals surface area (Å²) in [6.45, 7) is 2.19. The largest absolute Gasteiger partial charge is 0.362 e. The topological polar surface area (TPSA) is 37.8 Å². The number of hydrogen-bond acceptors (Lipinski definition) is 5. The Morgan fingerprint density at radius 3 is 3.10 bits per heavy atom. The van der Waals surface area contributed by atoms with E-state index in [1.165, 1.54) is 40.0 Å². The fourth-order valence-electron chi connectivity index (χ4n) is 2.85. The van der Waals surface area contributed by atoms with Crippen molar-refractivity contribution in [3.05, 3.63) is 39.2 Å². The molecule has 20 heavy (non-hydrogen) atoms. The molecule has 0 radical (unpaired) electrons. The van der Waals surface area contributed by atoms with Crippen LogP contribution in [0.15, 0.2) is 23.8 Å². The Labute approximate surface area is 125 Å². The summed E-state index contributed by atoms with van der Waals surface area (Å²) in [5.41, 5.74) is 1.48. The van der Waals surface area contributed by atoms with Crippen LogP contribution < -0.4 is 5.32 Å². The molecule has 0 unspecified atom stereocenters. The van der Waals surface area contributed by atoms with Gasteiger partial charge in [0, 0.05) is 9.75 Å². The third-order valence-corrected chi connectivity index (χ3v) is 6.08. The van der Waals surface area contributed by atoms with Gasteiger partial charge >= 0.3 is 0 Å². The van der Waals surface area contributed by atoms with E-state index in [2.05, 4.69) is 39.7 Å². The minimum atomic E-state index is 0.282. The van der Waals surface area contributed by atoms with Gasteiger partial charge in [-0.3, -0.25) is 0 Å². The second-order valence-electron chi connectivity index (χ2n) is 5.14. The predicted molar refractivity (Wildman–Crippen MR) is 85.8 cm³/mol. The van der Waals surface area contributed by atoms with Gasteiger partial charge < -0.3 is 5.32 Å². The number of nitrogens with zero attached hydrogens (tertiary/aromatic N) is 2. The second kappa shape index (κ2) is 4.82. The number of thiophene rings is 2. The Morgan fingerprint density at radius 1 is 1.30 bits per heavy atom. The van der Waals surface area contributed by atoms with E-state index in [-0.39, 0.29) is 6.04 Å². The molecule has 3 nitrogen and oxygen atoms in total. The summed E-state index contributed by atoms with van der Waals surface area (Å²) in [7, 11) is 0. The maximum Gasteiger partial charge on any atom is 0.138 e. The Balaban J connectivity index is 1.76. The number of hydrogen-bond donors (Lipinski definition) is 1. The first-order valence-corrected chi connectivity index (χ1v) is 8.57. The van der Waals surface area contributed by atoms with Crippen LogP contribution in [0, 0.1) is 0 Å². The maximum absolute atomic E-state index is 4.50. The standard InChI is InChI=1S/C15H15N3S2/c1-9(11-6-3-7-19-11)18-14-13-10-4-2-5-12(10)20-15(13)17-8-16-14/h3,6-9H,2,4-5H2,1H3,(H,16,17,18)/t9-/m1/s1. The fraction of sp³-hybridized carbons (Fsp3) is 0.333. The van der Waals surface area contributed by atoms with Gasteiger partial charge in [-0.2, -0.15) is 0 Å². The van der Waals surface area contributed by atoms with Crippen LogP contribution in [-0.2, 0) is 12.8 Å². The summed E-state index contributed by atoms with van der Waals surface area (Å²) in [6, 6.07) is 4.54. The van der Waals surface area contributed by atoms with Crippen LogP contribution in [0.3, 0.4) is 0 Å². The minimum absolute atomic E-state index is 0.282. The van der Waals surface area contributed by atoms with Gasteiger partial charge in [-0.05, 0) is 43.2 Å². The summed E-state index contributed by atoms with van der Waals surface area (Å²) >= 11 is 3.62. The summed E-state index contributed by atoms with van der Waals surface area (Å²) in [6.07, 6.45) is 5.32. The molecular weight excluding hydrogens is 286 g/mol. The molecule has 102 valence electrons. The summed E-state index contributed by atoms with van der Waals surface area (Å²) < 4.78 is 0. The molecule has 0 fully saturated rings. The van der Waals surface area contributed by atoms with E-state index in [0.29, 0.717) is 0 Å². The van der Waals surface area contributed by atoms with Crippen LogP contribution in [0.25, 0.3) is 10.2 Å². The zero-order valence-electron chi connectivity index (χ0n) is 11.2. The molecule has 0 aromatic carbocycles. The van der Waals surface area contributed by atoms with Crippen molar-refractivity contribution < 1.29 is 0 Å². The SMILES string of the molecule is C[C@@H](Nc1ncnc2sc3c(c12)CCC3)c1cccs1. The molecule has 3 heterocycles. The fourth-order valence-corrected chi connectivity index (χ4v) is 4.82. The monoisotopic (exact) mass is 301 g/mol. The number of anilines is 1. The molecule has 0 saturated carbocycles. The lowest BCUT2D eigenvalue weighted by Crippen LogP contribution is -2.07. The highest BCUT2D eigenvalue weighted by Gasteiger charge is 2.21. The van der Waals surface area contributed by atoms with E-state index in [1.807, 2.05) is 11.3 Å². The van der Waals surface area contributed by atoms with Crippen molar-refractivity contribution in [2.24, 2.45) is 0 Å². The van der Waals surface area contributed by atoms with Crippen LogP contribution in [0.2, 0.25) is 0 Å². The average Bonchev–Trinajstić information content (AvgIpc) is 3.15. The van der Waals surface area contributed by atoms with Crippen molar-refractivity contribution in [1.29, 1.82) is 0 Å². The molecule has 1 N–H and O–H groups in total. The first-order valence-electron chi connectivity index (χ1n) is 6.88. The molecule has 1 atom stereocenters. The van der Waals surface area contributed by atoms with E-state index in [0.717, 1.165) is 10.6 Å². The lowest BCUT2D eigenvalue weighted by Gasteiger charge is -2.14. The van der Waals surface area contributed by atoms with Crippen molar-refractivity contribution in [1.82, 2.24) is 9.97 Å². The van der Waals surface area contributed by atoms with Crippen molar-refractivity contribution in [2.75, 3.05) is 5.32 Å². The lowest BCUT2D eigenvalue weighted by molar-refractivity contribution is 0.895. The number of fused-ring (bicyclic) bond motifs is 3. The molecule has 3 aromatic heterocycles. The van der Waals surface area contributed by atoms with E-state index in [4.69, 9.17) is 0 Å². The highest BCUT2D eigenvalue weighted by Crippen LogP contribution is 2.39.